The van der Waals surface area contributed by atoms with Crippen LogP contribution in [0, 0.1) is 0 Å². The summed E-state index contributed by atoms with van der Waals surface area (Å²) in [7, 11) is -0.697. The third-order valence-corrected chi connectivity index (χ3v) is 8.28. The number of sulfone groups is 1. The SMILES string of the molecule is COCC1(n2c(CS(=O)(=O)[C@@H](C)[C@H](OC)c3ncc(Cl)cn3)nnc2[C@@H]2COCCO2)CC1. The molecule has 0 bridgehead atoms. The largest absolute Gasteiger partial charge is 0.382 e. The lowest BCUT2D eigenvalue weighted by molar-refractivity contribution is -0.0957. The van der Waals surface area contributed by atoms with Crippen molar-refractivity contribution in [2.45, 2.75) is 48.5 Å². The molecule has 13 heteroatoms. The molecule has 1 aliphatic carbocycles. The van der Waals surface area contributed by atoms with Gasteiger partial charge in [-0.3, -0.25) is 0 Å². The van der Waals surface area contributed by atoms with Gasteiger partial charge < -0.3 is 23.5 Å². The predicted molar refractivity (Wildman–Crippen MR) is 117 cm³/mol. The Morgan fingerprint density at radius 2 is 1.97 bits per heavy atom. The molecule has 1 saturated carbocycles. The topological polar surface area (TPSA) is 128 Å². The summed E-state index contributed by atoms with van der Waals surface area (Å²) in [6, 6.07) is 0. The first kappa shape index (κ1) is 24.4. The van der Waals surface area contributed by atoms with E-state index in [0.717, 1.165) is 12.8 Å². The minimum atomic E-state index is -3.74. The molecule has 0 spiro atoms. The summed E-state index contributed by atoms with van der Waals surface area (Å²) in [4.78, 5) is 8.27. The molecule has 0 amide bonds. The molecule has 11 nitrogen and oxygen atoms in total. The van der Waals surface area contributed by atoms with E-state index >= 15 is 0 Å². The number of nitrogens with zero attached hydrogens (tertiary/aromatic N) is 5. The highest BCUT2D eigenvalue weighted by atomic mass is 35.5. The highest BCUT2D eigenvalue weighted by Crippen LogP contribution is 2.46. The third-order valence-electron chi connectivity index (χ3n) is 6.05. The number of rotatable bonds is 10. The molecule has 0 aromatic carbocycles. The first-order valence-corrected chi connectivity index (χ1v) is 12.8. The molecule has 0 N–H and O–H groups in total. The van der Waals surface area contributed by atoms with E-state index in [4.69, 9.17) is 30.5 Å². The van der Waals surface area contributed by atoms with Gasteiger partial charge in [0.1, 0.15) is 23.8 Å². The average molecular weight is 502 g/mol. The number of methoxy groups -OCH3 is 2. The maximum atomic E-state index is 13.5. The Morgan fingerprint density at radius 1 is 1.24 bits per heavy atom. The maximum Gasteiger partial charge on any atom is 0.165 e. The molecule has 33 heavy (non-hydrogen) atoms. The second kappa shape index (κ2) is 9.88. The molecular weight excluding hydrogens is 474 g/mol. The van der Waals surface area contributed by atoms with Gasteiger partial charge in [0.2, 0.25) is 0 Å². The van der Waals surface area contributed by atoms with Crippen LogP contribution in [0.2, 0.25) is 5.02 Å². The first-order valence-electron chi connectivity index (χ1n) is 10.7. The highest BCUT2D eigenvalue weighted by molar-refractivity contribution is 7.91. The van der Waals surface area contributed by atoms with E-state index in [0.29, 0.717) is 43.1 Å². The molecule has 1 saturated heterocycles. The summed E-state index contributed by atoms with van der Waals surface area (Å²) < 4.78 is 51.1. The van der Waals surface area contributed by atoms with E-state index in [-0.39, 0.29) is 17.1 Å². The Kier molecular flexibility index (Phi) is 7.32. The Hall–Kier alpha value is -1.70. The Morgan fingerprint density at radius 3 is 2.55 bits per heavy atom. The Labute approximate surface area is 197 Å². The monoisotopic (exact) mass is 501 g/mol. The molecule has 3 atom stereocenters. The summed E-state index contributed by atoms with van der Waals surface area (Å²) in [6.07, 6.45) is 3.21. The zero-order valence-corrected chi connectivity index (χ0v) is 20.4. The molecule has 2 aliphatic rings. The fraction of sp³-hybridized carbons (Fsp3) is 0.700. The number of hydrogen-bond acceptors (Lipinski definition) is 10. The molecule has 2 aromatic heterocycles. The second-order valence-corrected chi connectivity index (χ2v) is 11.1. The van der Waals surface area contributed by atoms with E-state index in [1.54, 1.807) is 14.0 Å². The summed E-state index contributed by atoms with van der Waals surface area (Å²) in [6.45, 7) is 3.29. The number of aromatic nitrogens is 5. The molecule has 2 aromatic rings. The van der Waals surface area contributed by atoms with Gasteiger partial charge in [-0.15, -0.1) is 10.2 Å². The zero-order chi connectivity index (χ0) is 23.6. The van der Waals surface area contributed by atoms with Crippen molar-refractivity contribution in [3.05, 3.63) is 34.9 Å². The van der Waals surface area contributed by atoms with Crippen LogP contribution < -0.4 is 0 Å². The van der Waals surface area contributed by atoms with Crippen LogP contribution >= 0.6 is 11.6 Å². The number of halogens is 1. The van der Waals surface area contributed by atoms with Gasteiger partial charge >= 0.3 is 0 Å². The van der Waals surface area contributed by atoms with Crippen LogP contribution in [-0.2, 0) is 40.1 Å². The minimum absolute atomic E-state index is 0.242. The van der Waals surface area contributed by atoms with Crippen molar-refractivity contribution >= 4 is 21.4 Å². The lowest BCUT2D eigenvalue weighted by Crippen LogP contribution is -2.34. The molecule has 3 heterocycles. The number of ether oxygens (including phenoxy) is 4. The molecule has 4 rings (SSSR count). The maximum absolute atomic E-state index is 13.5. The van der Waals surface area contributed by atoms with Crippen molar-refractivity contribution in [2.24, 2.45) is 0 Å². The summed E-state index contributed by atoms with van der Waals surface area (Å²) >= 11 is 5.86. The van der Waals surface area contributed by atoms with Crippen molar-refractivity contribution in [1.29, 1.82) is 0 Å². The average Bonchev–Trinajstić information content (AvgIpc) is 3.46. The Bertz CT molecular complexity index is 1050. The van der Waals surface area contributed by atoms with E-state index in [2.05, 4.69) is 20.2 Å². The normalized spacial score (nSPS) is 22.1. The lowest BCUT2D eigenvalue weighted by atomic mass is 10.2. The van der Waals surface area contributed by atoms with Crippen molar-refractivity contribution in [3.8, 4) is 0 Å². The van der Waals surface area contributed by atoms with E-state index < -0.39 is 27.3 Å². The fourth-order valence-electron chi connectivity index (χ4n) is 4.11. The van der Waals surface area contributed by atoms with E-state index in [1.807, 2.05) is 4.57 Å². The quantitative estimate of drug-likeness (QED) is 0.473. The first-order chi connectivity index (χ1) is 15.8. The summed E-state index contributed by atoms with van der Waals surface area (Å²) in [5.41, 5.74) is -0.386. The van der Waals surface area contributed by atoms with Gasteiger partial charge in [-0.05, 0) is 19.8 Å². The van der Waals surface area contributed by atoms with Gasteiger partial charge in [0.25, 0.3) is 0 Å². The van der Waals surface area contributed by atoms with Crippen molar-refractivity contribution in [1.82, 2.24) is 24.7 Å². The van der Waals surface area contributed by atoms with Crippen LogP contribution in [-0.4, -0.2) is 79.0 Å². The Balaban J connectivity index is 1.64. The minimum Gasteiger partial charge on any atom is -0.382 e. The van der Waals surface area contributed by atoms with Gasteiger partial charge in [0, 0.05) is 26.6 Å². The second-order valence-electron chi connectivity index (χ2n) is 8.33. The molecule has 0 radical (unpaired) electrons. The molecule has 182 valence electrons. The predicted octanol–water partition coefficient (Wildman–Crippen LogP) is 1.64. The fourth-order valence-corrected chi connectivity index (χ4v) is 5.62. The van der Waals surface area contributed by atoms with Gasteiger partial charge in [-0.2, -0.15) is 0 Å². The van der Waals surface area contributed by atoms with E-state index in [1.165, 1.54) is 19.5 Å². The summed E-state index contributed by atoms with van der Waals surface area (Å²) in [5, 5.41) is 8.00. The van der Waals surface area contributed by atoms with Gasteiger partial charge in [0.05, 0.1) is 42.2 Å². The van der Waals surface area contributed by atoms with Crippen molar-refractivity contribution < 1.29 is 27.4 Å². The van der Waals surface area contributed by atoms with Crippen LogP contribution in [0.25, 0.3) is 0 Å². The van der Waals surface area contributed by atoms with Crippen LogP contribution in [0.15, 0.2) is 12.4 Å². The van der Waals surface area contributed by atoms with Gasteiger partial charge in [-0.25, -0.2) is 18.4 Å². The van der Waals surface area contributed by atoms with Crippen LogP contribution in [0.1, 0.15) is 49.4 Å². The van der Waals surface area contributed by atoms with Gasteiger partial charge in [-0.1, -0.05) is 11.6 Å². The molecule has 0 unspecified atom stereocenters. The number of hydrogen-bond donors (Lipinski definition) is 0. The molecule has 1 aliphatic heterocycles. The zero-order valence-electron chi connectivity index (χ0n) is 18.8. The lowest BCUT2D eigenvalue weighted by Gasteiger charge is -2.27. The standard InChI is InChI=1S/C20H28ClN5O6S/c1-13(17(30-3)18-22-8-14(21)9-23-18)33(27,28)11-16-24-25-19(15-10-31-6-7-32-15)26(16)20(4-5-20)12-29-2/h8-9,13,15,17H,4-7,10-12H2,1-3H3/t13-,15-,17-/m0/s1. The van der Waals surface area contributed by atoms with E-state index in [9.17, 15) is 8.42 Å². The smallest absolute Gasteiger partial charge is 0.165 e. The van der Waals surface area contributed by atoms with Crippen molar-refractivity contribution in [2.75, 3.05) is 40.6 Å². The highest BCUT2D eigenvalue weighted by Gasteiger charge is 2.49. The molecule has 2 fully saturated rings. The third kappa shape index (κ3) is 5.05. The molecular formula is C20H28ClN5O6S. The van der Waals surface area contributed by atoms with Crippen LogP contribution in [0.4, 0.5) is 0 Å². The van der Waals surface area contributed by atoms with Crippen LogP contribution in [0.3, 0.4) is 0 Å². The van der Waals surface area contributed by atoms with Crippen LogP contribution in [0.5, 0.6) is 0 Å². The van der Waals surface area contributed by atoms with Gasteiger partial charge in [0.15, 0.2) is 21.5 Å². The van der Waals surface area contributed by atoms with Crippen molar-refractivity contribution in [3.63, 3.8) is 0 Å². The summed E-state index contributed by atoms with van der Waals surface area (Å²) in [5.74, 6) is 0.818.